The van der Waals surface area contributed by atoms with Gasteiger partial charge in [0.15, 0.2) is 6.54 Å². The SMILES string of the molecule is C[B][N+]1=NC=CC1. The van der Waals surface area contributed by atoms with Crippen LogP contribution in [0.15, 0.2) is 17.4 Å². The lowest BCUT2D eigenvalue weighted by Crippen LogP contribution is -2.07. The minimum atomic E-state index is 0.941. The number of hydrogen-bond donors (Lipinski definition) is 0. The molecular weight excluding hydrogens is 86.9 g/mol. The van der Waals surface area contributed by atoms with E-state index in [2.05, 4.69) is 5.11 Å². The van der Waals surface area contributed by atoms with Gasteiger partial charge in [-0.25, -0.2) is 0 Å². The van der Waals surface area contributed by atoms with Gasteiger partial charge in [-0.15, -0.1) is 0 Å². The molecule has 1 radical (unpaired) electrons. The average molecular weight is 93.9 g/mol. The van der Waals surface area contributed by atoms with Crippen LogP contribution < -0.4 is 0 Å². The van der Waals surface area contributed by atoms with Crippen LogP contribution in [-0.4, -0.2) is 18.6 Å². The first-order chi connectivity index (χ1) is 3.43. The molecule has 0 N–H and O–H groups in total. The molecule has 1 aliphatic heterocycles. The highest BCUT2D eigenvalue weighted by Gasteiger charge is 2.05. The van der Waals surface area contributed by atoms with Crippen molar-refractivity contribution >= 4 is 7.41 Å². The fourth-order valence-electron chi connectivity index (χ4n) is 0.507. The van der Waals surface area contributed by atoms with E-state index in [0.29, 0.717) is 0 Å². The van der Waals surface area contributed by atoms with E-state index < -0.39 is 0 Å². The lowest BCUT2D eigenvalue weighted by Gasteiger charge is -1.78. The van der Waals surface area contributed by atoms with Crippen molar-refractivity contribution in [2.45, 2.75) is 6.82 Å². The van der Waals surface area contributed by atoms with Crippen LogP contribution >= 0.6 is 0 Å². The molecular formula is C4H7BN2+. The molecule has 0 atom stereocenters. The first-order valence-corrected chi connectivity index (χ1v) is 2.35. The summed E-state index contributed by atoms with van der Waals surface area (Å²) in [6.45, 7) is 2.91. The summed E-state index contributed by atoms with van der Waals surface area (Å²) < 4.78 is 1.88. The van der Waals surface area contributed by atoms with Gasteiger partial charge in [-0.1, -0.05) is 0 Å². The maximum Gasteiger partial charge on any atom is 0.557 e. The zero-order valence-electron chi connectivity index (χ0n) is 4.33. The van der Waals surface area contributed by atoms with Crippen LogP contribution in [0.25, 0.3) is 0 Å². The van der Waals surface area contributed by atoms with Crippen LogP contribution in [0, 0.1) is 0 Å². The molecule has 0 saturated carbocycles. The Morgan fingerprint density at radius 3 is 3.00 bits per heavy atom. The van der Waals surface area contributed by atoms with Gasteiger partial charge in [0.2, 0.25) is 0 Å². The third-order valence-corrected chi connectivity index (χ3v) is 0.911. The third-order valence-electron chi connectivity index (χ3n) is 0.911. The van der Waals surface area contributed by atoms with E-state index in [-0.39, 0.29) is 0 Å². The zero-order chi connectivity index (χ0) is 5.11. The standard InChI is InChI=1S/C4H7BN2/c1-5-7-4-2-3-6-7/h2-3H,4H2,1H3/q+1. The molecule has 35 valence electrons. The summed E-state index contributed by atoms with van der Waals surface area (Å²) in [5.74, 6) is 0. The van der Waals surface area contributed by atoms with Gasteiger partial charge in [0.1, 0.15) is 0 Å². The molecule has 0 unspecified atom stereocenters. The van der Waals surface area contributed by atoms with Crippen molar-refractivity contribution in [2.75, 3.05) is 6.54 Å². The van der Waals surface area contributed by atoms with Crippen LogP contribution in [0.5, 0.6) is 0 Å². The largest absolute Gasteiger partial charge is 0.557 e. The molecule has 0 saturated heterocycles. The molecule has 1 heterocycles. The van der Waals surface area contributed by atoms with E-state index in [4.69, 9.17) is 0 Å². The van der Waals surface area contributed by atoms with Gasteiger partial charge < -0.3 is 0 Å². The maximum absolute atomic E-state index is 3.95. The van der Waals surface area contributed by atoms with E-state index in [1.54, 1.807) is 6.20 Å². The van der Waals surface area contributed by atoms with Gasteiger partial charge >= 0.3 is 7.41 Å². The van der Waals surface area contributed by atoms with Crippen molar-refractivity contribution in [1.29, 1.82) is 0 Å². The Morgan fingerprint density at radius 2 is 2.71 bits per heavy atom. The first kappa shape index (κ1) is 4.56. The molecule has 3 heteroatoms. The van der Waals surface area contributed by atoms with E-state index >= 15 is 0 Å². The smallest absolute Gasteiger partial charge is 0.200 e. The number of rotatable bonds is 1. The average Bonchev–Trinajstić information content (AvgIpc) is 2.14. The third kappa shape index (κ3) is 0.887. The molecule has 7 heavy (non-hydrogen) atoms. The predicted molar refractivity (Wildman–Crippen MR) is 28.3 cm³/mol. The second kappa shape index (κ2) is 1.91. The van der Waals surface area contributed by atoms with Crippen molar-refractivity contribution < 1.29 is 4.61 Å². The number of hydrogen-bond acceptors (Lipinski definition) is 1. The summed E-state index contributed by atoms with van der Waals surface area (Å²) in [4.78, 5) is 0. The van der Waals surface area contributed by atoms with Crippen LogP contribution in [0.3, 0.4) is 0 Å². The lowest BCUT2D eigenvalue weighted by atomic mass is 10.0. The van der Waals surface area contributed by atoms with Gasteiger partial charge in [0.05, 0.1) is 6.20 Å². The molecule has 0 aromatic heterocycles. The molecule has 1 aliphatic rings. The van der Waals surface area contributed by atoms with E-state index in [9.17, 15) is 0 Å². The molecule has 0 aromatic carbocycles. The second-order valence-corrected chi connectivity index (χ2v) is 1.38. The van der Waals surface area contributed by atoms with Crippen molar-refractivity contribution in [3.05, 3.63) is 12.3 Å². The minimum absolute atomic E-state index is 0.941. The Labute approximate surface area is 43.8 Å². The summed E-state index contributed by atoms with van der Waals surface area (Å²) in [5, 5.41) is 3.95. The van der Waals surface area contributed by atoms with E-state index in [0.717, 1.165) is 6.54 Å². The topological polar surface area (TPSA) is 15.4 Å². The quantitative estimate of drug-likeness (QED) is 0.424. The van der Waals surface area contributed by atoms with Gasteiger partial charge in [0.25, 0.3) is 0 Å². The van der Waals surface area contributed by atoms with Crippen molar-refractivity contribution in [1.82, 2.24) is 0 Å². The molecule has 0 fully saturated rings. The van der Waals surface area contributed by atoms with Crippen molar-refractivity contribution in [3.8, 4) is 0 Å². The molecule has 0 spiro atoms. The van der Waals surface area contributed by atoms with Gasteiger partial charge in [-0.05, 0) is 11.9 Å². The summed E-state index contributed by atoms with van der Waals surface area (Å²) in [5.41, 5.74) is 0. The van der Waals surface area contributed by atoms with Crippen LogP contribution in [0.4, 0.5) is 0 Å². The van der Waals surface area contributed by atoms with Crippen molar-refractivity contribution in [3.63, 3.8) is 0 Å². The Balaban J connectivity index is 2.45. The van der Waals surface area contributed by atoms with Gasteiger partial charge in [-0.3, -0.25) is 0 Å². The highest BCUT2D eigenvalue weighted by molar-refractivity contribution is 6.22. The molecule has 0 bridgehead atoms. The first-order valence-electron chi connectivity index (χ1n) is 2.35. The molecule has 2 nitrogen and oxygen atoms in total. The Hall–Kier alpha value is -0.595. The summed E-state index contributed by atoms with van der Waals surface area (Å²) >= 11 is 0. The monoisotopic (exact) mass is 94.1 g/mol. The van der Waals surface area contributed by atoms with Gasteiger partial charge in [-0.2, -0.15) is 4.61 Å². The zero-order valence-corrected chi connectivity index (χ0v) is 4.33. The van der Waals surface area contributed by atoms with Crippen molar-refractivity contribution in [2.24, 2.45) is 5.11 Å². The fourth-order valence-corrected chi connectivity index (χ4v) is 0.507. The summed E-state index contributed by atoms with van der Waals surface area (Å²) in [6, 6.07) is 0. The van der Waals surface area contributed by atoms with Crippen LogP contribution in [0.1, 0.15) is 0 Å². The summed E-state index contributed by atoms with van der Waals surface area (Å²) in [7, 11) is 1.94. The second-order valence-electron chi connectivity index (χ2n) is 1.38. The minimum Gasteiger partial charge on any atom is -0.200 e. The summed E-state index contributed by atoms with van der Waals surface area (Å²) in [6.07, 6.45) is 3.82. The lowest BCUT2D eigenvalue weighted by molar-refractivity contribution is -0.435. The van der Waals surface area contributed by atoms with Gasteiger partial charge in [0, 0.05) is 6.08 Å². The molecule has 1 rings (SSSR count). The Bertz CT molecular complexity index is 117. The maximum atomic E-state index is 3.95. The van der Waals surface area contributed by atoms with E-state index in [1.165, 1.54) is 0 Å². The Morgan fingerprint density at radius 1 is 1.86 bits per heavy atom. The Kier molecular flexibility index (Phi) is 1.25. The highest BCUT2D eigenvalue weighted by Crippen LogP contribution is 1.88. The van der Waals surface area contributed by atoms with Crippen LogP contribution in [-0.2, 0) is 0 Å². The normalized spacial score (nSPS) is 17.0. The van der Waals surface area contributed by atoms with E-state index in [1.807, 2.05) is 24.9 Å². The fraction of sp³-hybridized carbons (Fsp3) is 0.500. The number of nitrogens with zero attached hydrogens (tertiary/aromatic N) is 2. The number of azo groups is 1. The molecule has 0 amide bonds. The molecule has 0 aliphatic carbocycles. The predicted octanol–water partition coefficient (Wildman–Crippen LogP) is 0.646. The molecule has 0 aromatic rings. The van der Waals surface area contributed by atoms with Crippen LogP contribution in [0.2, 0.25) is 6.82 Å². The highest BCUT2D eigenvalue weighted by atomic mass is 15.2.